The molecule has 0 bridgehead atoms. The van der Waals surface area contributed by atoms with Gasteiger partial charge >= 0.3 is 5.92 Å². The molecule has 0 fully saturated rings. The molecule has 144 valence electrons. The minimum Gasteiger partial charge on any atom is -0.397 e. The van der Waals surface area contributed by atoms with Gasteiger partial charge < -0.3 is 16.4 Å². The Morgan fingerprint density at radius 1 is 1.07 bits per heavy atom. The van der Waals surface area contributed by atoms with Gasteiger partial charge in [0.2, 0.25) is 0 Å². The van der Waals surface area contributed by atoms with Gasteiger partial charge in [-0.1, -0.05) is 24.3 Å². The van der Waals surface area contributed by atoms with Crippen LogP contribution in [0.2, 0.25) is 0 Å². The number of amides is 2. The molecule has 3 rings (SSSR count). The number of halogens is 2. The number of carbonyl (C=O) groups is 2. The van der Waals surface area contributed by atoms with E-state index in [0.29, 0.717) is 11.4 Å². The number of nitrogens with one attached hydrogen (secondary N) is 2. The molecule has 0 aliphatic heterocycles. The van der Waals surface area contributed by atoms with Gasteiger partial charge in [-0.3, -0.25) is 9.59 Å². The lowest BCUT2D eigenvalue weighted by atomic mass is 10.0. The van der Waals surface area contributed by atoms with E-state index in [0.717, 1.165) is 29.6 Å². The van der Waals surface area contributed by atoms with Gasteiger partial charge in [-0.15, -0.1) is 11.3 Å². The Labute approximate surface area is 164 Å². The lowest BCUT2D eigenvalue weighted by Crippen LogP contribution is -2.35. The van der Waals surface area contributed by atoms with Crippen LogP contribution < -0.4 is 16.4 Å². The highest BCUT2D eigenvalue weighted by Gasteiger charge is 2.40. The van der Waals surface area contributed by atoms with Crippen molar-refractivity contribution in [2.75, 3.05) is 18.1 Å². The van der Waals surface area contributed by atoms with Crippen LogP contribution in [0, 0.1) is 0 Å². The Kier molecular flexibility index (Phi) is 5.41. The van der Waals surface area contributed by atoms with Crippen molar-refractivity contribution in [3.63, 3.8) is 0 Å². The smallest absolute Gasteiger partial charge is 0.349 e. The molecule has 5 nitrogen and oxygen atoms in total. The maximum absolute atomic E-state index is 13.9. The first-order valence-electron chi connectivity index (χ1n) is 8.28. The number of carbonyl (C=O) groups excluding carboxylic acids is 2. The van der Waals surface area contributed by atoms with Crippen LogP contribution >= 0.6 is 11.3 Å². The van der Waals surface area contributed by atoms with E-state index in [1.807, 2.05) is 28.9 Å². The molecule has 3 aromatic rings. The first-order chi connectivity index (χ1) is 13.3. The number of anilines is 2. The van der Waals surface area contributed by atoms with Crippen LogP contribution in [0.4, 0.5) is 20.2 Å². The fourth-order valence-corrected chi connectivity index (χ4v) is 3.30. The van der Waals surface area contributed by atoms with Gasteiger partial charge in [0.25, 0.3) is 11.8 Å². The van der Waals surface area contributed by atoms with E-state index >= 15 is 0 Å². The Hall–Kier alpha value is -3.26. The summed E-state index contributed by atoms with van der Waals surface area (Å²) in [6.45, 7) is 0. The summed E-state index contributed by atoms with van der Waals surface area (Å²) in [5, 5.41) is 6.55. The zero-order valence-corrected chi connectivity index (χ0v) is 15.6. The van der Waals surface area contributed by atoms with Crippen molar-refractivity contribution < 1.29 is 18.4 Å². The summed E-state index contributed by atoms with van der Waals surface area (Å²) in [5.74, 6) is -5.59. The molecule has 1 aromatic heterocycles. The maximum Gasteiger partial charge on any atom is 0.349 e. The minimum atomic E-state index is -3.68. The van der Waals surface area contributed by atoms with Crippen molar-refractivity contribution in [2.24, 2.45) is 0 Å². The minimum absolute atomic E-state index is 0.164. The highest BCUT2D eigenvalue weighted by atomic mass is 32.1. The van der Waals surface area contributed by atoms with E-state index in [1.165, 1.54) is 12.1 Å². The molecule has 2 amide bonds. The van der Waals surface area contributed by atoms with Crippen molar-refractivity contribution in [2.45, 2.75) is 5.92 Å². The van der Waals surface area contributed by atoms with E-state index in [2.05, 4.69) is 5.32 Å². The van der Waals surface area contributed by atoms with Gasteiger partial charge in [0.05, 0.1) is 11.4 Å². The van der Waals surface area contributed by atoms with Gasteiger partial charge in [-0.05, 0) is 41.3 Å². The molecule has 0 saturated carbocycles. The summed E-state index contributed by atoms with van der Waals surface area (Å²) < 4.78 is 27.9. The predicted molar refractivity (Wildman–Crippen MR) is 107 cm³/mol. The Balaban J connectivity index is 1.80. The van der Waals surface area contributed by atoms with Gasteiger partial charge in [-0.2, -0.15) is 8.78 Å². The van der Waals surface area contributed by atoms with E-state index in [1.54, 1.807) is 23.5 Å². The molecule has 0 saturated heterocycles. The molecule has 0 aliphatic rings. The van der Waals surface area contributed by atoms with Crippen LogP contribution in [0.15, 0.2) is 60.0 Å². The van der Waals surface area contributed by atoms with Crippen molar-refractivity contribution in [3.05, 3.63) is 71.1 Å². The van der Waals surface area contributed by atoms with Gasteiger partial charge in [-0.25, -0.2) is 0 Å². The summed E-state index contributed by atoms with van der Waals surface area (Å²) in [6.07, 6.45) is 0. The van der Waals surface area contributed by atoms with Crippen molar-refractivity contribution >= 4 is 34.5 Å². The number of benzene rings is 2. The van der Waals surface area contributed by atoms with Crippen molar-refractivity contribution in [1.29, 1.82) is 0 Å². The summed E-state index contributed by atoms with van der Waals surface area (Å²) in [4.78, 5) is 24.8. The second-order valence-electron chi connectivity index (χ2n) is 5.96. The second kappa shape index (κ2) is 7.77. The molecule has 1 heterocycles. The lowest BCUT2D eigenvalue weighted by molar-refractivity contribution is -0.146. The van der Waals surface area contributed by atoms with Crippen molar-refractivity contribution in [1.82, 2.24) is 5.32 Å². The Bertz CT molecular complexity index is 1000. The number of alkyl halides is 2. The van der Waals surface area contributed by atoms with E-state index in [-0.39, 0.29) is 5.56 Å². The number of thiophene rings is 1. The first kappa shape index (κ1) is 19.5. The monoisotopic (exact) mass is 401 g/mol. The number of nitrogen functional groups attached to an aromatic ring is 1. The summed E-state index contributed by atoms with van der Waals surface area (Å²) >= 11 is 1.56. The summed E-state index contributed by atoms with van der Waals surface area (Å²) in [7, 11) is 1.13. The van der Waals surface area contributed by atoms with E-state index in [4.69, 9.17) is 5.73 Å². The predicted octanol–water partition coefficient (Wildman–Crippen LogP) is 4.09. The molecule has 4 N–H and O–H groups in total. The average molecular weight is 401 g/mol. The van der Waals surface area contributed by atoms with E-state index < -0.39 is 23.3 Å². The molecule has 28 heavy (non-hydrogen) atoms. The molecule has 2 aromatic carbocycles. The Morgan fingerprint density at radius 3 is 2.39 bits per heavy atom. The fourth-order valence-electron chi connectivity index (χ4n) is 2.57. The SMILES string of the molecule is CNC(=O)C(F)(F)c1ccc(C(=O)Nc2cc(-c3cccs3)ccc2N)cc1. The van der Waals surface area contributed by atoms with Crippen LogP contribution in [-0.2, 0) is 10.7 Å². The van der Waals surface area contributed by atoms with Gasteiger partial charge in [0, 0.05) is 23.1 Å². The number of likely N-dealkylation sites (N-methyl/N-ethyl adjacent to an activating group) is 1. The number of hydrogen-bond donors (Lipinski definition) is 3. The summed E-state index contributed by atoms with van der Waals surface area (Å²) in [6, 6.07) is 13.8. The third kappa shape index (κ3) is 3.86. The molecule has 0 atom stereocenters. The fraction of sp³-hybridized carbons (Fsp3) is 0.100. The lowest BCUT2D eigenvalue weighted by Gasteiger charge is -2.15. The molecule has 0 aliphatic carbocycles. The number of hydrogen-bond acceptors (Lipinski definition) is 4. The molecule has 0 unspecified atom stereocenters. The average Bonchev–Trinajstić information content (AvgIpc) is 3.23. The van der Waals surface area contributed by atoms with Crippen LogP contribution in [0.5, 0.6) is 0 Å². The number of rotatable bonds is 5. The topological polar surface area (TPSA) is 84.2 Å². The van der Waals surface area contributed by atoms with Gasteiger partial charge in [0.15, 0.2) is 0 Å². The van der Waals surface area contributed by atoms with Crippen LogP contribution in [0.3, 0.4) is 0 Å². The highest BCUT2D eigenvalue weighted by Crippen LogP contribution is 2.31. The molecular formula is C20H17F2N3O2S. The molecular weight excluding hydrogens is 384 g/mol. The van der Waals surface area contributed by atoms with Crippen LogP contribution in [0.25, 0.3) is 10.4 Å². The zero-order valence-electron chi connectivity index (χ0n) is 14.8. The highest BCUT2D eigenvalue weighted by molar-refractivity contribution is 7.13. The molecule has 0 spiro atoms. The first-order valence-corrected chi connectivity index (χ1v) is 9.16. The van der Waals surface area contributed by atoms with E-state index in [9.17, 15) is 18.4 Å². The van der Waals surface area contributed by atoms with Crippen molar-refractivity contribution in [3.8, 4) is 10.4 Å². The third-order valence-corrected chi connectivity index (χ3v) is 5.05. The zero-order chi connectivity index (χ0) is 20.3. The third-order valence-electron chi connectivity index (χ3n) is 4.13. The van der Waals surface area contributed by atoms with Gasteiger partial charge in [0.1, 0.15) is 0 Å². The summed E-state index contributed by atoms with van der Waals surface area (Å²) in [5.41, 5.74) is 7.33. The van der Waals surface area contributed by atoms with Crippen LogP contribution in [0.1, 0.15) is 15.9 Å². The quantitative estimate of drug-likeness (QED) is 0.563. The molecule has 8 heteroatoms. The maximum atomic E-state index is 13.9. The normalized spacial score (nSPS) is 11.1. The largest absolute Gasteiger partial charge is 0.397 e. The standard InChI is InChI=1S/C20H17F2N3O2S/c1-24-19(27)20(21,22)14-7-4-12(5-8-14)18(26)25-16-11-13(6-9-15(16)23)17-3-2-10-28-17/h2-11H,23H2,1H3,(H,24,27)(H,25,26). The second-order valence-corrected chi connectivity index (χ2v) is 6.91. The number of nitrogens with two attached hydrogens (primary N) is 1. The molecule has 0 radical (unpaired) electrons. The van der Waals surface area contributed by atoms with Crippen LogP contribution in [-0.4, -0.2) is 18.9 Å². The Morgan fingerprint density at radius 2 is 1.79 bits per heavy atom.